The predicted octanol–water partition coefficient (Wildman–Crippen LogP) is 3.77. The summed E-state index contributed by atoms with van der Waals surface area (Å²) in [4.78, 5) is 12.2. The second-order valence-electron chi connectivity index (χ2n) is 6.27. The first-order valence-electron chi connectivity index (χ1n) is 7.22. The highest BCUT2D eigenvalue weighted by atomic mass is 16.5. The Morgan fingerprint density at radius 3 is 2.36 bits per heavy atom. The third kappa shape index (κ3) is 3.35. The van der Waals surface area contributed by atoms with Gasteiger partial charge in [0.05, 0.1) is 18.6 Å². The van der Waals surface area contributed by atoms with Gasteiger partial charge in [0.25, 0.3) is 0 Å². The minimum Gasteiger partial charge on any atom is -0.492 e. The second kappa shape index (κ2) is 5.91. The summed E-state index contributed by atoms with van der Waals surface area (Å²) in [6.45, 7) is 9.46. The van der Waals surface area contributed by atoms with Crippen molar-refractivity contribution in [2.24, 2.45) is 0 Å². The highest BCUT2D eigenvalue weighted by molar-refractivity contribution is 5.89. The van der Waals surface area contributed by atoms with E-state index < -0.39 is 11.2 Å². The molecule has 2 aromatic rings. The molecule has 1 heterocycles. The number of methoxy groups -OCH3 is 1. The maximum absolute atomic E-state index is 12.2. The topological polar surface area (TPSA) is 57.9 Å². The number of hydrogen-bond donors (Lipinski definition) is 0. The van der Waals surface area contributed by atoms with Gasteiger partial charge in [-0.1, -0.05) is 6.07 Å². The Morgan fingerprint density at radius 1 is 1.14 bits per heavy atom. The largest absolute Gasteiger partial charge is 0.492 e. The van der Waals surface area contributed by atoms with Crippen molar-refractivity contribution in [1.82, 2.24) is 0 Å². The molecule has 5 nitrogen and oxygen atoms in total. The van der Waals surface area contributed by atoms with E-state index in [1.54, 1.807) is 12.1 Å². The Hall–Kier alpha value is -2.17. The first-order valence-corrected chi connectivity index (χ1v) is 7.22. The van der Waals surface area contributed by atoms with Gasteiger partial charge in [0.1, 0.15) is 5.60 Å². The van der Waals surface area contributed by atoms with Gasteiger partial charge in [0.2, 0.25) is 5.75 Å². The van der Waals surface area contributed by atoms with Crippen molar-refractivity contribution in [2.45, 2.75) is 46.3 Å². The molecule has 0 saturated heterocycles. The summed E-state index contributed by atoms with van der Waals surface area (Å²) >= 11 is 0. The number of hydrogen-bond acceptors (Lipinski definition) is 5. The quantitative estimate of drug-likeness (QED) is 0.805. The molecule has 0 amide bonds. The molecule has 2 rings (SSSR count). The summed E-state index contributed by atoms with van der Waals surface area (Å²) in [6, 6.07) is 5.39. The SMILES string of the molecule is COc1c(OC(C)C)c(=O)oc2c(OC(C)(C)C)cccc12. The predicted molar refractivity (Wildman–Crippen MR) is 85.2 cm³/mol. The fourth-order valence-corrected chi connectivity index (χ4v) is 2.10. The van der Waals surface area contributed by atoms with Crippen LogP contribution in [0.5, 0.6) is 17.2 Å². The van der Waals surface area contributed by atoms with Gasteiger partial charge >= 0.3 is 5.63 Å². The number of rotatable bonds is 4. The van der Waals surface area contributed by atoms with E-state index in [0.29, 0.717) is 22.5 Å². The number of ether oxygens (including phenoxy) is 3. The zero-order valence-corrected chi connectivity index (χ0v) is 13.9. The molecule has 1 aromatic carbocycles. The van der Waals surface area contributed by atoms with Gasteiger partial charge < -0.3 is 18.6 Å². The fourth-order valence-electron chi connectivity index (χ4n) is 2.10. The van der Waals surface area contributed by atoms with Gasteiger partial charge in [-0.25, -0.2) is 4.79 Å². The summed E-state index contributed by atoms with van der Waals surface area (Å²) in [6.07, 6.45) is -0.164. The molecule has 0 fully saturated rings. The Morgan fingerprint density at radius 2 is 1.82 bits per heavy atom. The molecule has 0 unspecified atom stereocenters. The van der Waals surface area contributed by atoms with Gasteiger partial charge in [-0.15, -0.1) is 0 Å². The average molecular weight is 306 g/mol. The highest BCUT2D eigenvalue weighted by Crippen LogP contribution is 2.37. The van der Waals surface area contributed by atoms with Crippen molar-refractivity contribution in [1.29, 1.82) is 0 Å². The summed E-state index contributed by atoms with van der Waals surface area (Å²) in [5.41, 5.74) is -0.633. The van der Waals surface area contributed by atoms with E-state index in [1.807, 2.05) is 40.7 Å². The Labute approximate surface area is 129 Å². The van der Waals surface area contributed by atoms with E-state index in [9.17, 15) is 4.79 Å². The third-order valence-electron chi connectivity index (χ3n) is 2.78. The molecule has 0 aliphatic carbocycles. The van der Waals surface area contributed by atoms with E-state index in [-0.39, 0.29) is 11.9 Å². The molecule has 0 aliphatic heterocycles. The number of fused-ring (bicyclic) bond motifs is 1. The lowest BCUT2D eigenvalue weighted by Gasteiger charge is -2.22. The molecule has 5 heteroatoms. The minimum absolute atomic E-state index is 0.0814. The average Bonchev–Trinajstić information content (AvgIpc) is 2.38. The highest BCUT2D eigenvalue weighted by Gasteiger charge is 2.22. The van der Waals surface area contributed by atoms with E-state index in [4.69, 9.17) is 18.6 Å². The lowest BCUT2D eigenvalue weighted by atomic mass is 10.1. The molecular formula is C17H22O5. The fraction of sp³-hybridized carbons (Fsp3) is 0.471. The van der Waals surface area contributed by atoms with Gasteiger partial charge in [-0.05, 0) is 46.8 Å². The summed E-state index contributed by atoms with van der Waals surface area (Å²) < 4.78 is 22.2. The van der Waals surface area contributed by atoms with E-state index in [2.05, 4.69) is 0 Å². The van der Waals surface area contributed by atoms with Crippen LogP contribution in [-0.2, 0) is 0 Å². The Bertz CT molecular complexity index is 722. The molecule has 0 saturated carbocycles. The van der Waals surface area contributed by atoms with Crippen molar-refractivity contribution in [3.8, 4) is 17.2 Å². The molecule has 0 radical (unpaired) electrons. The standard InChI is InChI=1S/C17H22O5/c1-10(2)20-15-14(19-6)11-8-7-9-12(22-17(3,4)5)13(11)21-16(15)18/h7-10H,1-6H3. The van der Waals surface area contributed by atoms with Crippen LogP contribution in [0.1, 0.15) is 34.6 Å². The first kappa shape index (κ1) is 16.2. The first-order chi connectivity index (χ1) is 10.2. The van der Waals surface area contributed by atoms with Crippen molar-refractivity contribution < 1.29 is 18.6 Å². The lowest BCUT2D eigenvalue weighted by Crippen LogP contribution is -2.23. The van der Waals surface area contributed by atoms with Crippen LogP contribution in [0.25, 0.3) is 11.0 Å². The van der Waals surface area contributed by atoms with E-state index in [0.717, 1.165) is 0 Å². The molecule has 0 bridgehead atoms. The number of para-hydroxylation sites is 1. The third-order valence-corrected chi connectivity index (χ3v) is 2.78. The van der Waals surface area contributed by atoms with Crippen molar-refractivity contribution >= 4 is 11.0 Å². The maximum atomic E-state index is 12.2. The molecular weight excluding hydrogens is 284 g/mol. The van der Waals surface area contributed by atoms with Crippen molar-refractivity contribution in [3.05, 3.63) is 28.6 Å². The van der Waals surface area contributed by atoms with Crippen LogP contribution in [-0.4, -0.2) is 18.8 Å². The smallest absolute Gasteiger partial charge is 0.383 e. The zero-order chi connectivity index (χ0) is 16.5. The van der Waals surface area contributed by atoms with Crippen LogP contribution in [0, 0.1) is 0 Å². The van der Waals surface area contributed by atoms with Crippen LogP contribution in [0.3, 0.4) is 0 Å². The Balaban J connectivity index is 2.71. The summed E-state index contributed by atoms with van der Waals surface area (Å²) in [5, 5.41) is 0.638. The molecule has 0 spiro atoms. The van der Waals surface area contributed by atoms with Crippen molar-refractivity contribution in [3.63, 3.8) is 0 Å². The van der Waals surface area contributed by atoms with Gasteiger partial charge in [0, 0.05) is 0 Å². The molecule has 120 valence electrons. The van der Waals surface area contributed by atoms with Crippen LogP contribution >= 0.6 is 0 Å². The van der Waals surface area contributed by atoms with Gasteiger partial charge in [-0.3, -0.25) is 0 Å². The van der Waals surface area contributed by atoms with Gasteiger partial charge in [0.15, 0.2) is 17.1 Å². The van der Waals surface area contributed by atoms with Crippen LogP contribution < -0.4 is 19.8 Å². The Kier molecular flexibility index (Phi) is 4.35. The number of benzene rings is 1. The summed E-state index contributed by atoms with van der Waals surface area (Å²) in [7, 11) is 1.50. The van der Waals surface area contributed by atoms with Crippen LogP contribution in [0.4, 0.5) is 0 Å². The minimum atomic E-state index is -0.581. The second-order valence-corrected chi connectivity index (χ2v) is 6.27. The van der Waals surface area contributed by atoms with E-state index >= 15 is 0 Å². The van der Waals surface area contributed by atoms with Crippen molar-refractivity contribution in [2.75, 3.05) is 7.11 Å². The molecule has 0 atom stereocenters. The molecule has 0 aliphatic rings. The molecule has 1 aromatic heterocycles. The normalized spacial score (nSPS) is 11.8. The lowest BCUT2D eigenvalue weighted by molar-refractivity contribution is 0.131. The van der Waals surface area contributed by atoms with Gasteiger partial charge in [-0.2, -0.15) is 0 Å². The summed E-state index contributed by atoms with van der Waals surface area (Å²) in [5.74, 6) is 0.939. The monoisotopic (exact) mass is 306 g/mol. The maximum Gasteiger partial charge on any atom is 0.383 e. The molecule has 0 N–H and O–H groups in total. The van der Waals surface area contributed by atoms with E-state index in [1.165, 1.54) is 7.11 Å². The van der Waals surface area contributed by atoms with Crippen LogP contribution in [0.15, 0.2) is 27.4 Å². The van der Waals surface area contributed by atoms with Crippen LogP contribution in [0.2, 0.25) is 0 Å². The molecule has 22 heavy (non-hydrogen) atoms. The zero-order valence-electron chi connectivity index (χ0n) is 13.9.